The van der Waals surface area contributed by atoms with Crippen molar-refractivity contribution < 1.29 is 19.1 Å². The summed E-state index contributed by atoms with van der Waals surface area (Å²) in [6, 6.07) is 12.5. The molecule has 3 amide bonds. The highest BCUT2D eigenvalue weighted by atomic mass is 79.9. The number of amides is 3. The Morgan fingerprint density at radius 3 is 2.64 bits per heavy atom. The first-order valence-corrected chi connectivity index (χ1v) is 12.0. The summed E-state index contributed by atoms with van der Waals surface area (Å²) in [4.78, 5) is 38.1. The number of aromatic nitrogens is 1. The minimum absolute atomic E-state index is 0.0813. The Labute approximate surface area is 207 Å². The number of hydrogen-bond donors (Lipinski definition) is 3. The molecule has 0 aliphatic carbocycles. The van der Waals surface area contributed by atoms with E-state index in [-0.39, 0.29) is 18.3 Å². The normalized spacial score (nSPS) is 15.4. The number of hydrogen-bond acceptors (Lipinski definition) is 4. The molecule has 2 aromatic carbocycles. The molecular formula is C23H22Br2N4O4. The van der Waals surface area contributed by atoms with Crippen molar-refractivity contribution >= 4 is 66.2 Å². The lowest BCUT2D eigenvalue weighted by atomic mass is 10.2. The minimum atomic E-state index is -0.873. The number of carbonyl (C=O) groups excluding carboxylic acids is 3. The highest BCUT2D eigenvalue weighted by molar-refractivity contribution is 9.10. The summed E-state index contributed by atoms with van der Waals surface area (Å²) < 4.78 is 8.55. The average Bonchev–Trinajstić information content (AvgIpc) is 3.42. The summed E-state index contributed by atoms with van der Waals surface area (Å²) in [7, 11) is 0. The molecule has 1 aliphatic rings. The summed E-state index contributed by atoms with van der Waals surface area (Å²) in [5.74, 6) is -2.09. The molecule has 33 heavy (non-hydrogen) atoms. The van der Waals surface area contributed by atoms with E-state index < -0.39 is 17.7 Å². The van der Waals surface area contributed by atoms with Gasteiger partial charge in [-0.15, -0.1) is 0 Å². The van der Waals surface area contributed by atoms with Crippen molar-refractivity contribution in [1.82, 2.24) is 9.99 Å². The third-order valence-corrected chi connectivity index (χ3v) is 6.73. The third kappa shape index (κ3) is 5.45. The van der Waals surface area contributed by atoms with Crippen molar-refractivity contribution in [1.29, 1.82) is 0 Å². The van der Waals surface area contributed by atoms with Crippen LogP contribution in [0.5, 0.6) is 0 Å². The summed E-state index contributed by atoms with van der Waals surface area (Å²) >= 11 is 6.86. The first-order valence-electron chi connectivity index (χ1n) is 10.4. The van der Waals surface area contributed by atoms with E-state index in [0.29, 0.717) is 17.8 Å². The number of aryl methyl sites for hydroxylation is 1. The molecule has 3 aromatic rings. The van der Waals surface area contributed by atoms with Gasteiger partial charge in [0.05, 0.1) is 11.6 Å². The summed E-state index contributed by atoms with van der Waals surface area (Å²) in [6.45, 7) is 2.85. The Morgan fingerprint density at radius 1 is 1.09 bits per heavy atom. The molecule has 0 bridgehead atoms. The molecule has 3 N–H and O–H groups in total. The van der Waals surface area contributed by atoms with Crippen LogP contribution >= 0.6 is 31.9 Å². The number of fused-ring (bicyclic) bond motifs is 1. The van der Waals surface area contributed by atoms with Gasteiger partial charge in [-0.2, -0.15) is 0 Å². The summed E-state index contributed by atoms with van der Waals surface area (Å²) in [5.41, 5.74) is 4.90. The summed E-state index contributed by atoms with van der Waals surface area (Å²) in [5, 5.41) is 6.16. The number of ether oxygens (including phenoxy) is 1. The maximum Gasteiger partial charge on any atom is 0.328 e. The molecule has 1 aromatic heterocycles. The van der Waals surface area contributed by atoms with E-state index in [1.54, 1.807) is 24.3 Å². The molecule has 2 heterocycles. The first-order chi connectivity index (χ1) is 15.8. The van der Waals surface area contributed by atoms with Gasteiger partial charge in [-0.3, -0.25) is 19.8 Å². The topological polar surface area (TPSA) is 101 Å². The van der Waals surface area contributed by atoms with Crippen LogP contribution in [0.4, 0.5) is 5.69 Å². The Morgan fingerprint density at radius 2 is 1.91 bits per heavy atom. The number of halogens is 2. The van der Waals surface area contributed by atoms with Crippen LogP contribution < -0.4 is 16.1 Å². The maximum atomic E-state index is 13.1. The average molecular weight is 578 g/mol. The van der Waals surface area contributed by atoms with Crippen LogP contribution in [0.15, 0.2) is 51.4 Å². The fourth-order valence-corrected chi connectivity index (χ4v) is 4.26. The second kappa shape index (κ2) is 10.1. The van der Waals surface area contributed by atoms with E-state index in [1.165, 1.54) is 4.68 Å². The lowest BCUT2D eigenvalue weighted by Gasteiger charge is -2.14. The van der Waals surface area contributed by atoms with Gasteiger partial charge in [-0.1, -0.05) is 31.9 Å². The van der Waals surface area contributed by atoms with Crippen LogP contribution in [0.25, 0.3) is 10.9 Å². The van der Waals surface area contributed by atoms with Crippen molar-refractivity contribution in [2.45, 2.75) is 25.9 Å². The molecule has 0 saturated carbocycles. The van der Waals surface area contributed by atoms with Gasteiger partial charge in [-0.05, 0) is 67.8 Å². The van der Waals surface area contributed by atoms with Crippen molar-refractivity contribution in [3.8, 4) is 0 Å². The zero-order valence-corrected chi connectivity index (χ0v) is 21.0. The van der Waals surface area contributed by atoms with E-state index in [1.807, 2.05) is 25.1 Å². The largest absolute Gasteiger partial charge is 0.376 e. The van der Waals surface area contributed by atoms with Crippen molar-refractivity contribution in [2.24, 2.45) is 0 Å². The van der Waals surface area contributed by atoms with E-state index >= 15 is 0 Å². The molecule has 1 fully saturated rings. The standard InChI is InChI=1S/C23H22Br2N4O4/c1-13-9-16(5-6-18(13)25)27-21(30)20-11-14-10-15(24)4-7-19(14)29(20)28-23(32)22(31)26-12-17-3-2-8-33-17/h4-7,9-11,17H,2-3,8,12H2,1H3,(H,26,31)(H,27,30)(H,28,32)/t17-/m1/s1. The molecule has 1 atom stereocenters. The summed E-state index contributed by atoms with van der Waals surface area (Å²) in [6.07, 6.45) is 1.70. The maximum absolute atomic E-state index is 13.1. The van der Waals surface area contributed by atoms with Crippen LogP contribution in [0.3, 0.4) is 0 Å². The van der Waals surface area contributed by atoms with Crippen LogP contribution in [0, 0.1) is 6.92 Å². The molecule has 1 saturated heterocycles. The molecule has 0 unspecified atom stereocenters. The first kappa shape index (κ1) is 23.5. The predicted molar refractivity (Wildman–Crippen MR) is 133 cm³/mol. The fourth-order valence-electron chi connectivity index (χ4n) is 3.64. The van der Waals surface area contributed by atoms with Crippen LogP contribution in [0.1, 0.15) is 28.9 Å². The minimum Gasteiger partial charge on any atom is -0.376 e. The predicted octanol–water partition coefficient (Wildman–Crippen LogP) is 4.09. The molecule has 0 radical (unpaired) electrons. The second-order valence-electron chi connectivity index (χ2n) is 7.77. The van der Waals surface area contributed by atoms with Crippen LogP contribution in [0.2, 0.25) is 0 Å². The van der Waals surface area contributed by atoms with Gasteiger partial charge < -0.3 is 15.4 Å². The van der Waals surface area contributed by atoms with E-state index in [2.05, 4.69) is 47.9 Å². The number of nitrogens with one attached hydrogen (secondary N) is 3. The zero-order valence-electron chi connectivity index (χ0n) is 17.8. The van der Waals surface area contributed by atoms with Crippen LogP contribution in [-0.4, -0.2) is 41.7 Å². The van der Waals surface area contributed by atoms with Gasteiger partial charge in [0.1, 0.15) is 5.69 Å². The Balaban J connectivity index is 1.57. The molecular weight excluding hydrogens is 556 g/mol. The Bertz CT molecular complexity index is 1230. The fraction of sp³-hybridized carbons (Fsp3) is 0.261. The smallest absolute Gasteiger partial charge is 0.328 e. The second-order valence-corrected chi connectivity index (χ2v) is 9.54. The molecule has 1 aliphatic heterocycles. The Hall–Kier alpha value is -2.69. The van der Waals surface area contributed by atoms with E-state index in [4.69, 9.17) is 4.74 Å². The van der Waals surface area contributed by atoms with Crippen molar-refractivity contribution in [2.75, 3.05) is 23.9 Å². The number of nitrogens with zero attached hydrogens (tertiary/aromatic N) is 1. The number of rotatable bonds is 5. The molecule has 10 heteroatoms. The van der Waals surface area contributed by atoms with Gasteiger partial charge in [0.25, 0.3) is 5.91 Å². The molecule has 4 rings (SSSR count). The lowest BCUT2D eigenvalue weighted by Crippen LogP contribution is -2.42. The molecule has 0 spiro atoms. The quantitative estimate of drug-likeness (QED) is 0.398. The van der Waals surface area contributed by atoms with Gasteiger partial charge in [-0.25, -0.2) is 4.68 Å². The van der Waals surface area contributed by atoms with Gasteiger partial charge in [0.2, 0.25) is 0 Å². The van der Waals surface area contributed by atoms with Crippen LogP contribution in [-0.2, 0) is 14.3 Å². The highest BCUT2D eigenvalue weighted by Gasteiger charge is 2.23. The molecule has 8 nitrogen and oxygen atoms in total. The van der Waals surface area contributed by atoms with Crippen molar-refractivity contribution in [3.63, 3.8) is 0 Å². The lowest BCUT2D eigenvalue weighted by molar-refractivity contribution is -0.136. The Kier molecular flexibility index (Phi) is 7.16. The zero-order chi connectivity index (χ0) is 23.5. The molecule has 172 valence electrons. The van der Waals surface area contributed by atoms with Gasteiger partial charge >= 0.3 is 11.8 Å². The monoisotopic (exact) mass is 576 g/mol. The number of anilines is 1. The van der Waals surface area contributed by atoms with Gasteiger partial charge in [0.15, 0.2) is 0 Å². The van der Waals surface area contributed by atoms with E-state index in [0.717, 1.165) is 32.7 Å². The third-order valence-electron chi connectivity index (χ3n) is 5.35. The van der Waals surface area contributed by atoms with E-state index in [9.17, 15) is 14.4 Å². The number of carbonyl (C=O) groups is 3. The highest BCUT2D eigenvalue weighted by Crippen LogP contribution is 2.25. The number of benzene rings is 2. The SMILES string of the molecule is Cc1cc(NC(=O)c2cc3cc(Br)ccc3n2NC(=O)C(=O)NC[C@H]2CCCO2)ccc1Br. The van der Waals surface area contributed by atoms with Crippen molar-refractivity contribution in [3.05, 3.63) is 62.7 Å². The van der Waals surface area contributed by atoms with Gasteiger partial charge in [0, 0.05) is 33.2 Å².